The van der Waals surface area contributed by atoms with E-state index >= 15 is 0 Å². The molecule has 4 aromatic rings. The van der Waals surface area contributed by atoms with Gasteiger partial charge in [0, 0.05) is 66.7 Å². The second-order valence-corrected chi connectivity index (χ2v) is 12.1. The van der Waals surface area contributed by atoms with Gasteiger partial charge in [0.2, 0.25) is 5.95 Å². The first kappa shape index (κ1) is 34.4. The molecule has 2 aromatic heterocycles. The normalized spacial score (nSPS) is 14.0. The number of morpholine rings is 1. The van der Waals surface area contributed by atoms with Crippen LogP contribution >= 0.6 is 11.6 Å². The van der Waals surface area contributed by atoms with Gasteiger partial charge in [-0.05, 0) is 56.2 Å². The fraction of sp³-hybridized carbons (Fsp3) is 0.343. The number of nitrogens with zero attached hydrogens (tertiary/aromatic N) is 5. The number of ether oxygens (including phenoxy) is 3. The number of benzene rings is 2. The highest BCUT2D eigenvalue weighted by molar-refractivity contribution is 6.35. The van der Waals surface area contributed by atoms with Crippen molar-refractivity contribution in [3.05, 3.63) is 81.3 Å². The summed E-state index contributed by atoms with van der Waals surface area (Å²) in [5, 5.41) is 16.5. The van der Waals surface area contributed by atoms with E-state index in [1.807, 2.05) is 32.0 Å². The number of carbonyl (C=O) groups is 1. The van der Waals surface area contributed by atoms with Gasteiger partial charge < -0.3 is 24.8 Å². The number of nitrogens with one attached hydrogen (secondary N) is 2. The summed E-state index contributed by atoms with van der Waals surface area (Å²) in [6.45, 7) is 6.95. The molecule has 0 atom stereocenters. The number of amides is 1. The summed E-state index contributed by atoms with van der Waals surface area (Å²) in [6.07, 6.45) is 3.84. The molecule has 1 amide bonds. The average molecular weight is 672 g/mol. The first-order chi connectivity index (χ1) is 23.1. The minimum Gasteiger partial charge on any atom is -0.497 e. The zero-order chi connectivity index (χ0) is 34.4. The first-order valence-electron chi connectivity index (χ1n) is 15.4. The summed E-state index contributed by atoms with van der Waals surface area (Å²) < 4.78 is 17.9. The number of hydrogen-bond acceptors (Lipinski definition) is 10. The molecular formula is C35H38ClN7O5. The van der Waals surface area contributed by atoms with E-state index in [4.69, 9.17) is 25.8 Å². The molecule has 0 unspecified atom stereocenters. The van der Waals surface area contributed by atoms with Crippen molar-refractivity contribution in [3.63, 3.8) is 0 Å². The fourth-order valence-corrected chi connectivity index (χ4v) is 5.93. The molecule has 2 aromatic carbocycles. The molecule has 2 N–H and O–H groups in total. The van der Waals surface area contributed by atoms with E-state index in [2.05, 4.69) is 25.5 Å². The van der Waals surface area contributed by atoms with E-state index in [-0.39, 0.29) is 16.2 Å². The van der Waals surface area contributed by atoms with E-state index in [0.717, 1.165) is 18.7 Å². The van der Waals surface area contributed by atoms with Crippen LogP contribution in [0.5, 0.6) is 11.5 Å². The number of anilines is 2. The van der Waals surface area contributed by atoms with Crippen molar-refractivity contribution in [2.45, 2.75) is 32.4 Å². The Morgan fingerprint density at radius 2 is 1.85 bits per heavy atom. The number of pyridine rings is 1. The van der Waals surface area contributed by atoms with Crippen molar-refractivity contribution in [1.29, 1.82) is 5.26 Å². The van der Waals surface area contributed by atoms with Gasteiger partial charge >= 0.3 is 0 Å². The quantitative estimate of drug-likeness (QED) is 0.167. The highest BCUT2D eigenvalue weighted by Crippen LogP contribution is 2.38. The van der Waals surface area contributed by atoms with Crippen LogP contribution in [0.15, 0.2) is 65.1 Å². The third-order valence-electron chi connectivity index (χ3n) is 8.33. The average Bonchev–Trinajstić information content (AvgIpc) is 3.11. The largest absolute Gasteiger partial charge is 0.497 e. The summed E-state index contributed by atoms with van der Waals surface area (Å²) in [7, 11) is 4.74. The number of fused-ring (bicyclic) bond motifs is 1. The van der Waals surface area contributed by atoms with Gasteiger partial charge in [-0.3, -0.25) is 19.1 Å². The molecule has 0 spiro atoms. The SMILES string of the molecule is CNc1ncc2cc(-c3cc(OC)cc(OC)c3Cl)c(=O)n(CCc3ccc(NC(=O)C(C#N)=CC(C)(C)N4CCOCC4)cc3)c2n1. The zero-order valence-electron chi connectivity index (χ0n) is 27.6. The Bertz CT molecular complexity index is 1940. The number of halogens is 1. The summed E-state index contributed by atoms with van der Waals surface area (Å²) in [5.41, 5.74) is 2.01. The van der Waals surface area contributed by atoms with E-state index in [0.29, 0.717) is 71.5 Å². The number of rotatable bonds is 11. The molecule has 0 bridgehead atoms. The van der Waals surface area contributed by atoms with E-state index < -0.39 is 11.4 Å². The maximum Gasteiger partial charge on any atom is 0.266 e. The molecule has 13 heteroatoms. The highest BCUT2D eigenvalue weighted by Gasteiger charge is 2.28. The number of aryl methyl sites for hydroxylation is 2. The van der Waals surface area contributed by atoms with Crippen molar-refractivity contribution in [2.24, 2.45) is 0 Å². The lowest BCUT2D eigenvalue weighted by molar-refractivity contribution is -0.112. The van der Waals surface area contributed by atoms with Gasteiger partial charge in [0.25, 0.3) is 11.5 Å². The lowest BCUT2D eigenvalue weighted by Crippen LogP contribution is -2.49. The summed E-state index contributed by atoms with van der Waals surface area (Å²) in [5.74, 6) is 0.770. The van der Waals surface area contributed by atoms with Crippen molar-refractivity contribution in [1.82, 2.24) is 19.4 Å². The van der Waals surface area contributed by atoms with E-state index in [9.17, 15) is 14.9 Å². The number of hydrogen-bond donors (Lipinski definition) is 2. The Morgan fingerprint density at radius 1 is 1.12 bits per heavy atom. The molecular weight excluding hydrogens is 634 g/mol. The predicted octanol–water partition coefficient (Wildman–Crippen LogP) is 4.91. The van der Waals surface area contributed by atoms with Gasteiger partial charge in [0.15, 0.2) is 0 Å². The summed E-state index contributed by atoms with van der Waals surface area (Å²) in [6, 6.07) is 14.4. The van der Waals surface area contributed by atoms with Crippen molar-refractivity contribution >= 4 is 40.2 Å². The Kier molecular flexibility index (Phi) is 10.6. The number of nitriles is 1. The molecule has 0 saturated carbocycles. The van der Waals surface area contributed by atoms with Gasteiger partial charge in [-0.15, -0.1) is 0 Å². The second-order valence-electron chi connectivity index (χ2n) is 11.8. The molecule has 0 aliphatic carbocycles. The smallest absolute Gasteiger partial charge is 0.266 e. The van der Waals surface area contributed by atoms with Gasteiger partial charge in [-0.1, -0.05) is 23.7 Å². The predicted molar refractivity (Wildman–Crippen MR) is 186 cm³/mol. The molecule has 0 radical (unpaired) electrons. The number of aromatic nitrogens is 3. The van der Waals surface area contributed by atoms with Gasteiger partial charge in [-0.2, -0.15) is 10.2 Å². The maximum absolute atomic E-state index is 14.1. The van der Waals surface area contributed by atoms with Gasteiger partial charge in [-0.25, -0.2) is 4.98 Å². The third kappa shape index (κ3) is 7.44. The monoisotopic (exact) mass is 671 g/mol. The van der Waals surface area contributed by atoms with Gasteiger partial charge in [0.1, 0.15) is 28.8 Å². The number of carbonyl (C=O) groups excluding carboxylic acids is 1. The summed E-state index contributed by atoms with van der Waals surface area (Å²) in [4.78, 5) is 38.2. The summed E-state index contributed by atoms with van der Waals surface area (Å²) >= 11 is 6.69. The lowest BCUT2D eigenvalue weighted by atomic mass is 9.98. The molecule has 12 nitrogen and oxygen atoms in total. The Labute approximate surface area is 283 Å². The molecule has 1 fully saturated rings. The Hall–Kier alpha value is -4.96. The van der Waals surface area contributed by atoms with Crippen molar-refractivity contribution in [3.8, 4) is 28.7 Å². The lowest BCUT2D eigenvalue weighted by Gasteiger charge is -2.39. The molecule has 1 aliphatic heterocycles. The van der Waals surface area contributed by atoms with Crippen LogP contribution in [0.2, 0.25) is 5.02 Å². The van der Waals surface area contributed by atoms with Crippen LogP contribution in [-0.2, 0) is 22.5 Å². The molecule has 1 aliphatic rings. The van der Waals surface area contributed by atoms with Crippen LogP contribution in [0.3, 0.4) is 0 Å². The maximum atomic E-state index is 14.1. The van der Waals surface area contributed by atoms with Crippen molar-refractivity contribution < 1.29 is 19.0 Å². The topological polar surface area (TPSA) is 144 Å². The molecule has 250 valence electrons. The molecule has 1 saturated heterocycles. The second kappa shape index (κ2) is 14.9. The van der Waals surface area contributed by atoms with Crippen LogP contribution in [0.1, 0.15) is 19.4 Å². The molecule has 3 heterocycles. The van der Waals surface area contributed by atoms with Crippen LogP contribution in [0.25, 0.3) is 22.2 Å². The zero-order valence-corrected chi connectivity index (χ0v) is 28.3. The fourth-order valence-electron chi connectivity index (χ4n) is 5.64. The number of methoxy groups -OCH3 is 2. The Balaban J connectivity index is 1.39. The standard InChI is InChI=1S/C35H38ClN7O5/c1-35(2,42-12-14-48-15-13-42)19-24(20-37)32(44)40-25-8-6-22(7-9-25)10-11-43-31-23(21-39-34(38-3)41-31)16-28(33(43)45)27-17-26(46-4)18-29(47-5)30(27)36/h6-9,16-19,21H,10-15H2,1-5H3,(H,40,44)(H,38,39,41). The third-order valence-corrected chi connectivity index (χ3v) is 8.72. The van der Waals surface area contributed by atoms with Crippen molar-refractivity contribution in [2.75, 3.05) is 58.2 Å². The van der Waals surface area contributed by atoms with Crippen LogP contribution in [0.4, 0.5) is 11.6 Å². The van der Waals surface area contributed by atoms with E-state index in [1.165, 1.54) is 14.2 Å². The van der Waals surface area contributed by atoms with E-state index in [1.54, 1.807) is 54.2 Å². The van der Waals surface area contributed by atoms with Gasteiger partial charge in [0.05, 0.1) is 32.5 Å². The van der Waals surface area contributed by atoms with Crippen LogP contribution in [-0.4, -0.2) is 78.5 Å². The van der Waals surface area contributed by atoms with Crippen LogP contribution in [0, 0.1) is 11.3 Å². The Morgan fingerprint density at radius 3 is 2.50 bits per heavy atom. The first-order valence-corrected chi connectivity index (χ1v) is 15.8. The van der Waals surface area contributed by atoms with Crippen LogP contribution < -0.4 is 25.7 Å². The minimum atomic E-state index is -0.488. The molecule has 5 rings (SSSR count). The minimum absolute atomic E-state index is 0.0402. The molecule has 48 heavy (non-hydrogen) atoms. The highest BCUT2D eigenvalue weighted by atomic mass is 35.5.